The summed E-state index contributed by atoms with van der Waals surface area (Å²) in [5.41, 5.74) is 13.5. The Kier molecular flexibility index (Phi) is 5.63. The summed E-state index contributed by atoms with van der Waals surface area (Å²) in [5.74, 6) is 0.137. The first-order valence-corrected chi connectivity index (χ1v) is 11.0. The van der Waals surface area contributed by atoms with Crippen molar-refractivity contribution in [3.8, 4) is 0 Å². The standard InChI is InChI=1S/C26H24FN7/c1-15-8-23(34-33-15)18-5-3-4-16(10-18)9-17-6-7-22(20(27)11-17)32-26-19-12-21(28)25(29-2)13-24(19)30-14-31-26/h3-7,10-14,29H,8-9,28H2,1-2H3,(H,30,31,32). The van der Waals surface area contributed by atoms with Crippen LogP contribution in [0.1, 0.15) is 30.0 Å². The van der Waals surface area contributed by atoms with Crippen LogP contribution in [0, 0.1) is 5.82 Å². The Morgan fingerprint density at radius 2 is 1.82 bits per heavy atom. The first-order valence-electron chi connectivity index (χ1n) is 11.0. The lowest BCUT2D eigenvalue weighted by molar-refractivity contribution is 0.630. The van der Waals surface area contributed by atoms with Crippen molar-refractivity contribution in [3.63, 3.8) is 0 Å². The van der Waals surface area contributed by atoms with E-state index in [2.05, 4.69) is 36.9 Å². The van der Waals surface area contributed by atoms with Crippen molar-refractivity contribution >= 4 is 45.2 Å². The molecule has 0 atom stereocenters. The third-order valence-corrected chi connectivity index (χ3v) is 5.80. The van der Waals surface area contributed by atoms with Gasteiger partial charge in [0.05, 0.1) is 28.3 Å². The topological polar surface area (TPSA) is 101 Å². The fraction of sp³-hybridized carbons (Fsp3) is 0.154. The second kappa shape index (κ2) is 8.90. The van der Waals surface area contributed by atoms with Crippen LogP contribution in [-0.2, 0) is 6.42 Å². The summed E-state index contributed by atoms with van der Waals surface area (Å²) in [6.45, 7) is 1.97. The normalized spacial score (nSPS) is 13.0. The Bertz CT molecular complexity index is 1460. The van der Waals surface area contributed by atoms with Crippen molar-refractivity contribution in [2.75, 3.05) is 23.4 Å². The second-order valence-electron chi connectivity index (χ2n) is 8.30. The van der Waals surface area contributed by atoms with E-state index < -0.39 is 0 Å². The van der Waals surface area contributed by atoms with E-state index in [1.165, 1.54) is 6.33 Å². The number of nitrogens with zero attached hydrogens (tertiary/aromatic N) is 4. The quantitative estimate of drug-likeness (QED) is 0.344. The minimum Gasteiger partial charge on any atom is -0.397 e. The predicted octanol–water partition coefficient (Wildman–Crippen LogP) is 5.30. The van der Waals surface area contributed by atoms with Crippen molar-refractivity contribution in [3.05, 3.63) is 83.4 Å². The highest BCUT2D eigenvalue weighted by Gasteiger charge is 2.13. The van der Waals surface area contributed by atoms with Gasteiger partial charge in [0.25, 0.3) is 0 Å². The van der Waals surface area contributed by atoms with Gasteiger partial charge in [0.15, 0.2) is 0 Å². The van der Waals surface area contributed by atoms with Gasteiger partial charge in [-0.3, -0.25) is 0 Å². The molecule has 0 spiro atoms. The zero-order chi connectivity index (χ0) is 23.7. The number of halogens is 1. The molecule has 0 amide bonds. The molecule has 4 aromatic rings. The Morgan fingerprint density at radius 1 is 0.971 bits per heavy atom. The summed E-state index contributed by atoms with van der Waals surface area (Å²) in [5, 5.41) is 15.2. The molecular formula is C26H24FN7. The molecule has 1 aliphatic heterocycles. The Labute approximate surface area is 196 Å². The molecule has 0 aliphatic carbocycles. The van der Waals surface area contributed by atoms with Crippen molar-refractivity contribution in [2.24, 2.45) is 10.2 Å². The molecule has 0 radical (unpaired) electrons. The number of nitrogen functional groups attached to an aromatic ring is 1. The summed E-state index contributed by atoms with van der Waals surface area (Å²) in [4.78, 5) is 8.60. The van der Waals surface area contributed by atoms with Gasteiger partial charge in [0, 0.05) is 24.6 Å². The third kappa shape index (κ3) is 4.30. The van der Waals surface area contributed by atoms with E-state index in [0.717, 1.165) is 40.2 Å². The molecule has 0 saturated heterocycles. The van der Waals surface area contributed by atoms with Crippen LogP contribution in [0.15, 0.2) is 71.1 Å². The molecule has 7 nitrogen and oxygen atoms in total. The summed E-state index contributed by atoms with van der Waals surface area (Å²) < 4.78 is 15.0. The maximum Gasteiger partial charge on any atom is 0.146 e. The minimum absolute atomic E-state index is 0.335. The van der Waals surface area contributed by atoms with Crippen molar-refractivity contribution < 1.29 is 4.39 Å². The van der Waals surface area contributed by atoms with E-state index >= 15 is 4.39 Å². The van der Waals surface area contributed by atoms with Gasteiger partial charge in [-0.05, 0) is 60.4 Å². The predicted molar refractivity (Wildman–Crippen MR) is 137 cm³/mol. The lowest BCUT2D eigenvalue weighted by Gasteiger charge is -2.12. The smallest absolute Gasteiger partial charge is 0.146 e. The number of nitrogens with two attached hydrogens (primary N) is 1. The monoisotopic (exact) mass is 453 g/mol. The number of nitrogens with one attached hydrogen (secondary N) is 2. The van der Waals surface area contributed by atoms with E-state index in [1.54, 1.807) is 25.2 Å². The summed E-state index contributed by atoms with van der Waals surface area (Å²) in [6, 6.07) is 17.0. The summed E-state index contributed by atoms with van der Waals surface area (Å²) in [6.07, 6.45) is 2.82. The minimum atomic E-state index is -0.357. The average molecular weight is 454 g/mol. The van der Waals surface area contributed by atoms with Gasteiger partial charge in [-0.15, -0.1) is 0 Å². The molecule has 4 N–H and O–H groups in total. The molecule has 0 saturated carbocycles. The second-order valence-corrected chi connectivity index (χ2v) is 8.30. The van der Waals surface area contributed by atoms with Crippen LogP contribution in [0.4, 0.5) is 27.3 Å². The van der Waals surface area contributed by atoms with Crippen molar-refractivity contribution in [1.29, 1.82) is 0 Å². The highest BCUT2D eigenvalue weighted by molar-refractivity contribution is 6.14. The Morgan fingerprint density at radius 3 is 2.59 bits per heavy atom. The van der Waals surface area contributed by atoms with Gasteiger partial charge < -0.3 is 16.4 Å². The Hall–Kier alpha value is -4.33. The van der Waals surface area contributed by atoms with Gasteiger partial charge in [-0.2, -0.15) is 10.2 Å². The molecule has 1 aromatic heterocycles. The molecular weight excluding hydrogens is 429 g/mol. The molecule has 3 aromatic carbocycles. The fourth-order valence-electron chi connectivity index (χ4n) is 4.05. The van der Waals surface area contributed by atoms with Crippen LogP contribution in [-0.4, -0.2) is 28.4 Å². The van der Waals surface area contributed by atoms with E-state index in [0.29, 0.717) is 34.5 Å². The van der Waals surface area contributed by atoms with Crippen LogP contribution in [0.3, 0.4) is 0 Å². The van der Waals surface area contributed by atoms with Crippen LogP contribution in [0.5, 0.6) is 0 Å². The molecule has 5 rings (SSSR count). The van der Waals surface area contributed by atoms with E-state index in [4.69, 9.17) is 5.73 Å². The molecule has 0 bridgehead atoms. The fourth-order valence-corrected chi connectivity index (χ4v) is 4.05. The number of hydrogen-bond acceptors (Lipinski definition) is 7. The van der Waals surface area contributed by atoms with Crippen LogP contribution < -0.4 is 16.4 Å². The Balaban J connectivity index is 1.37. The molecule has 8 heteroatoms. The average Bonchev–Trinajstić information content (AvgIpc) is 3.27. The molecule has 0 unspecified atom stereocenters. The van der Waals surface area contributed by atoms with Crippen LogP contribution >= 0.6 is 0 Å². The highest BCUT2D eigenvalue weighted by atomic mass is 19.1. The highest BCUT2D eigenvalue weighted by Crippen LogP contribution is 2.30. The number of anilines is 4. The van der Waals surface area contributed by atoms with Gasteiger partial charge >= 0.3 is 0 Å². The molecule has 1 aliphatic rings. The zero-order valence-electron chi connectivity index (χ0n) is 18.9. The zero-order valence-corrected chi connectivity index (χ0v) is 18.9. The summed E-state index contributed by atoms with van der Waals surface area (Å²) >= 11 is 0. The molecule has 0 fully saturated rings. The van der Waals surface area contributed by atoms with E-state index in [-0.39, 0.29) is 5.82 Å². The maximum atomic E-state index is 15.0. The van der Waals surface area contributed by atoms with E-state index in [1.807, 2.05) is 37.3 Å². The van der Waals surface area contributed by atoms with Crippen LogP contribution in [0.2, 0.25) is 0 Å². The lowest BCUT2D eigenvalue weighted by atomic mass is 9.99. The largest absolute Gasteiger partial charge is 0.397 e. The van der Waals surface area contributed by atoms with Crippen molar-refractivity contribution in [2.45, 2.75) is 19.8 Å². The van der Waals surface area contributed by atoms with Gasteiger partial charge in [0.1, 0.15) is 18.0 Å². The lowest BCUT2D eigenvalue weighted by Crippen LogP contribution is -2.03. The number of fused-ring (bicyclic) bond motifs is 1. The number of aromatic nitrogens is 2. The molecule has 34 heavy (non-hydrogen) atoms. The van der Waals surface area contributed by atoms with Gasteiger partial charge in [-0.1, -0.05) is 24.3 Å². The van der Waals surface area contributed by atoms with Gasteiger partial charge in [-0.25, -0.2) is 14.4 Å². The summed E-state index contributed by atoms with van der Waals surface area (Å²) in [7, 11) is 1.79. The number of hydrogen-bond donors (Lipinski definition) is 3. The SMILES string of the molecule is CNc1cc2ncnc(Nc3ccc(Cc4cccc(C5=NN=C(C)C5)c4)cc3F)c2cc1N. The van der Waals surface area contributed by atoms with Gasteiger partial charge in [0.2, 0.25) is 0 Å². The first kappa shape index (κ1) is 21.5. The maximum absolute atomic E-state index is 15.0. The molecule has 170 valence electrons. The van der Waals surface area contributed by atoms with Crippen molar-refractivity contribution in [1.82, 2.24) is 9.97 Å². The van der Waals surface area contributed by atoms with Crippen LogP contribution in [0.25, 0.3) is 10.9 Å². The van der Waals surface area contributed by atoms with E-state index in [9.17, 15) is 0 Å². The number of benzene rings is 3. The third-order valence-electron chi connectivity index (χ3n) is 5.80. The number of rotatable bonds is 6. The first-order chi connectivity index (χ1) is 16.5. The molecule has 2 heterocycles.